The van der Waals surface area contributed by atoms with Crippen molar-refractivity contribution in [2.24, 2.45) is 11.7 Å². The van der Waals surface area contributed by atoms with Gasteiger partial charge in [0, 0.05) is 13.7 Å². The summed E-state index contributed by atoms with van der Waals surface area (Å²) in [7, 11) is 1.71. The average molecular weight is 143 g/mol. The molecule has 2 nitrogen and oxygen atoms in total. The summed E-state index contributed by atoms with van der Waals surface area (Å²) in [4.78, 5) is 0. The molecule has 1 unspecified atom stereocenters. The van der Waals surface area contributed by atoms with Gasteiger partial charge in [0.1, 0.15) is 0 Å². The molecular weight excluding hydrogens is 126 g/mol. The maximum absolute atomic E-state index is 5.50. The SMILES string of the molecule is C=CCC(CN)CCOC. The highest BCUT2D eigenvalue weighted by atomic mass is 16.5. The highest BCUT2D eigenvalue weighted by Gasteiger charge is 2.02. The number of nitrogens with two attached hydrogens (primary N) is 1. The lowest BCUT2D eigenvalue weighted by molar-refractivity contribution is 0.178. The summed E-state index contributed by atoms with van der Waals surface area (Å²) in [6.07, 6.45) is 3.95. The van der Waals surface area contributed by atoms with Crippen molar-refractivity contribution >= 4 is 0 Å². The Balaban J connectivity index is 3.29. The molecule has 10 heavy (non-hydrogen) atoms. The summed E-state index contributed by atoms with van der Waals surface area (Å²) in [5.74, 6) is 0.553. The number of allylic oxidation sites excluding steroid dienone is 1. The van der Waals surface area contributed by atoms with E-state index in [0.29, 0.717) is 5.92 Å². The van der Waals surface area contributed by atoms with E-state index >= 15 is 0 Å². The molecule has 1 atom stereocenters. The molecule has 0 aliphatic rings. The number of ether oxygens (including phenoxy) is 1. The molecule has 0 amide bonds. The summed E-state index contributed by atoms with van der Waals surface area (Å²) >= 11 is 0. The second kappa shape index (κ2) is 6.78. The van der Waals surface area contributed by atoms with E-state index in [1.165, 1.54) is 0 Å². The third-order valence-corrected chi connectivity index (χ3v) is 1.56. The lowest BCUT2D eigenvalue weighted by atomic mass is 10.0. The van der Waals surface area contributed by atoms with Gasteiger partial charge in [-0.3, -0.25) is 0 Å². The molecule has 60 valence electrons. The van der Waals surface area contributed by atoms with Crippen LogP contribution >= 0.6 is 0 Å². The standard InChI is InChI=1S/C8H17NO/c1-3-4-8(7-9)5-6-10-2/h3,8H,1,4-7,9H2,2H3. The van der Waals surface area contributed by atoms with Gasteiger partial charge in [0.15, 0.2) is 0 Å². The molecule has 2 heteroatoms. The van der Waals surface area contributed by atoms with Crippen LogP contribution < -0.4 is 5.73 Å². The Bertz CT molecular complexity index is 83.3. The first-order valence-corrected chi connectivity index (χ1v) is 3.65. The zero-order valence-corrected chi connectivity index (χ0v) is 6.68. The fourth-order valence-corrected chi connectivity index (χ4v) is 0.852. The Kier molecular flexibility index (Phi) is 6.55. The lowest BCUT2D eigenvalue weighted by Crippen LogP contribution is -2.15. The van der Waals surface area contributed by atoms with E-state index in [-0.39, 0.29) is 0 Å². The number of hydrogen-bond acceptors (Lipinski definition) is 2. The van der Waals surface area contributed by atoms with Gasteiger partial charge in [-0.15, -0.1) is 6.58 Å². The van der Waals surface area contributed by atoms with Crippen LogP contribution in [0, 0.1) is 5.92 Å². The van der Waals surface area contributed by atoms with Crippen molar-refractivity contribution in [2.75, 3.05) is 20.3 Å². The maximum Gasteiger partial charge on any atom is 0.0465 e. The third-order valence-electron chi connectivity index (χ3n) is 1.56. The first kappa shape index (κ1) is 9.66. The minimum atomic E-state index is 0.553. The Hall–Kier alpha value is -0.340. The molecule has 0 aliphatic heterocycles. The van der Waals surface area contributed by atoms with E-state index in [0.717, 1.165) is 26.0 Å². The van der Waals surface area contributed by atoms with Crippen LogP contribution in [0.15, 0.2) is 12.7 Å². The van der Waals surface area contributed by atoms with Crippen LogP contribution in [0.1, 0.15) is 12.8 Å². The molecule has 0 radical (unpaired) electrons. The van der Waals surface area contributed by atoms with E-state index in [4.69, 9.17) is 10.5 Å². The van der Waals surface area contributed by atoms with Crippen LogP contribution in [0.4, 0.5) is 0 Å². The first-order valence-electron chi connectivity index (χ1n) is 3.65. The topological polar surface area (TPSA) is 35.2 Å². The molecule has 0 bridgehead atoms. The molecule has 0 aliphatic carbocycles. The minimum Gasteiger partial charge on any atom is -0.385 e. The van der Waals surface area contributed by atoms with Gasteiger partial charge < -0.3 is 10.5 Å². The fraction of sp³-hybridized carbons (Fsp3) is 0.750. The summed E-state index contributed by atoms with van der Waals surface area (Å²) in [6, 6.07) is 0. The van der Waals surface area contributed by atoms with Crippen molar-refractivity contribution in [1.29, 1.82) is 0 Å². The van der Waals surface area contributed by atoms with E-state index in [1.807, 2.05) is 6.08 Å². The highest BCUT2D eigenvalue weighted by Crippen LogP contribution is 2.06. The smallest absolute Gasteiger partial charge is 0.0465 e. The largest absolute Gasteiger partial charge is 0.385 e. The van der Waals surface area contributed by atoms with E-state index in [1.54, 1.807) is 7.11 Å². The van der Waals surface area contributed by atoms with Gasteiger partial charge in [-0.25, -0.2) is 0 Å². The van der Waals surface area contributed by atoms with Crippen LogP contribution in [0.5, 0.6) is 0 Å². The van der Waals surface area contributed by atoms with Gasteiger partial charge in [0.25, 0.3) is 0 Å². The molecular formula is C8H17NO. The quantitative estimate of drug-likeness (QED) is 0.566. The van der Waals surface area contributed by atoms with Crippen LogP contribution in [-0.2, 0) is 4.74 Å². The van der Waals surface area contributed by atoms with Crippen molar-refractivity contribution in [1.82, 2.24) is 0 Å². The van der Waals surface area contributed by atoms with E-state index < -0.39 is 0 Å². The summed E-state index contributed by atoms with van der Waals surface area (Å²) < 4.78 is 4.93. The van der Waals surface area contributed by atoms with Crippen LogP contribution in [0.2, 0.25) is 0 Å². The highest BCUT2D eigenvalue weighted by molar-refractivity contribution is 4.73. The Morgan fingerprint density at radius 2 is 2.40 bits per heavy atom. The summed E-state index contributed by atoms with van der Waals surface area (Å²) in [6.45, 7) is 5.19. The molecule has 0 heterocycles. The molecule has 0 aromatic heterocycles. The molecule has 0 rings (SSSR count). The minimum absolute atomic E-state index is 0.553. The fourth-order valence-electron chi connectivity index (χ4n) is 0.852. The van der Waals surface area contributed by atoms with Crippen molar-refractivity contribution in [3.63, 3.8) is 0 Å². The Morgan fingerprint density at radius 1 is 1.70 bits per heavy atom. The molecule has 0 fully saturated rings. The second-order valence-corrected chi connectivity index (χ2v) is 2.41. The molecule has 2 N–H and O–H groups in total. The van der Waals surface area contributed by atoms with Crippen molar-refractivity contribution < 1.29 is 4.74 Å². The molecule has 0 aromatic rings. The molecule has 0 aromatic carbocycles. The molecule has 0 saturated carbocycles. The Labute approximate surface area is 63.1 Å². The van der Waals surface area contributed by atoms with Gasteiger partial charge in [-0.2, -0.15) is 0 Å². The third kappa shape index (κ3) is 4.53. The van der Waals surface area contributed by atoms with E-state index in [9.17, 15) is 0 Å². The van der Waals surface area contributed by atoms with Crippen LogP contribution in [0.25, 0.3) is 0 Å². The number of methoxy groups -OCH3 is 1. The Morgan fingerprint density at radius 3 is 2.80 bits per heavy atom. The van der Waals surface area contributed by atoms with Crippen molar-refractivity contribution in [3.05, 3.63) is 12.7 Å². The zero-order valence-electron chi connectivity index (χ0n) is 6.68. The molecule has 0 saturated heterocycles. The van der Waals surface area contributed by atoms with Crippen LogP contribution in [0.3, 0.4) is 0 Å². The number of rotatable bonds is 6. The van der Waals surface area contributed by atoms with Crippen molar-refractivity contribution in [3.8, 4) is 0 Å². The maximum atomic E-state index is 5.50. The predicted octanol–water partition coefficient (Wildman–Crippen LogP) is 1.17. The lowest BCUT2D eigenvalue weighted by Gasteiger charge is -2.10. The molecule has 0 spiro atoms. The van der Waals surface area contributed by atoms with Gasteiger partial charge >= 0.3 is 0 Å². The summed E-state index contributed by atoms with van der Waals surface area (Å²) in [5.41, 5.74) is 5.50. The first-order chi connectivity index (χ1) is 4.85. The van der Waals surface area contributed by atoms with Crippen LogP contribution in [-0.4, -0.2) is 20.3 Å². The average Bonchev–Trinajstić information content (AvgIpc) is 1.98. The van der Waals surface area contributed by atoms with Gasteiger partial charge in [-0.05, 0) is 25.3 Å². The monoisotopic (exact) mass is 143 g/mol. The van der Waals surface area contributed by atoms with Crippen molar-refractivity contribution in [2.45, 2.75) is 12.8 Å². The zero-order chi connectivity index (χ0) is 7.82. The van der Waals surface area contributed by atoms with E-state index in [2.05, 4.69) is 6.58 Å². The van der Waals surface area contributed by atoms with Gasteiger partial charge in [0.05, 0.1) is 0 Å². The predicted molar refractivity (Wildman–Crippen MR) is 43.9 cm³/mol. The second-order valence-electron chi connectivity index (χ2n) is 2.41. The number of hydrogen-bond donors (Lipinski definition) is 1. The normalized spacial score (nSPS) is 13.0. The summed E-state index contributed by atoms with van der Waals surface area (Å²) in [5, 5.41) is 0. The van der Waals surface area contributed by atoms with Gasteiger partial charge in [0.2, 0.25) is 0 Å². The van der Waals surface area contributed by atoms with Gasteiger partial charge in [-0.1, -0.05) is 6.08 Å².